The van der Waals surface area contributed by atoms with Crippen molar-refractivity contribution in [3.63, 3.8) is 0 Å². The molecular weight excluding hydrogens is 505 g/mol. The van der Waals surface area contributed by atoms with Crippen molar-refractivity contribution >= 4 is 29.9 Å². The third-order valence-electron chi connectivity index (χ3n) is 6.32. The fourth-order valence-electron chi connectivity index (χ4n) is 4.09. The van der Waals surface area contributed by atoms with Crippen molar-refractivity contribution in [2.75, 3.05) is 40.0 Å². The SMILES string of the molecule is CCNC(=NCc1ccc(COC2CCOCC2)cc1)NCC1(CCOC)CCC1.I. The summed E-state index contributed by atoms with van der Waals surface area (Å²) in [6, 6.07) is 8.61. The molecule has 6 nitrogen and oxygen atoms in total. The predicted molar refractivity (Wildman–Crippen MR) is 136 cm³/mol. The van der Waals surface area contributed by atoms with E-state index >= 15 is 0 Å². The zero-order chi connectivity index (χ0) is 21.1. The van der Waals surface area contributed by atoms with Crippen LogP contribution in [-0.2, 0) is 27.4 Å². The van der Waals surface area contributed by atoms with E-state index in [9.17, 15) is 0 Å². The van der Waals surface area contributed by atoms with Gasteiger partial charge in [-0.05, 0) is 55.6 Å². The second-order valence-corrected chi connectivity index (χ2v) is 8.58. The monoisotopic (exact) mass is 545 g/mol. The largest absolute Gasteiger partial charge is 0.385 e. The molecule has 1 aromatic carbocycles. The highest BCUT2D eigenvalue weighted by Crippen LogP contribution is 2.43. The maximum atomic E-state index is 6.01. The Bertz CT molecular complexity index is 644. The summed E-state index contributed by atoms with van der Waals surface area (Å²) in [6.07, 6.45) is 7.33. The number of halogens is 1. The minimum absolute atomic E-state index is 0. The molecule has 1 aliphatic heterocycles. The highest BCUT2D eigenvalue weighted by atomic mass is 127. The maximum Gasteiger partial charge on any atom is 0.191 e. The van der Waals surface area contributed by atoms with Crippen LogP contribution in [0.5, 0.6) is 0 Å². The van der Waals surface area contributed by atoms with Crippen LogP contribution in [0.3, 0.4) is 0 Å². The first-order chi connectivity index (χ1) is 14.7. The second-order valence-electron chi connectivity index (χ2n) is 8.58. The molecule has 0 amide bonds. The predicted octanol–water partition coefficient (Wildman–Crippen LogP) is 4.26. The summed E-state index contributed by atoms with van der Waals surface area (Å²) in [4.78, 5) is 4.79. The summed E-state index contributed by atoms with van der Waals surface area (Å²) in [5.74, 6) is 0.896. The van der Waals surface area contributed by atoms with Crippen molar-refractivity contribution in [3.8, 4) is 0 Å². The van der Waals surface area contributed by atoms with Gasteiger partial charge in [-0.15, -0.1) is 24.0 Å². The molecule has 1 heterocycles. The van der Waals surface area contributed by atoms with E-state index in [1.54, 1.807) is 7.11 Å². The summed E-state index contributed by atoms with van der Waals surface area (Å²) >= 11 is 0. The fourth-order valence-corrected chi connectivity index (χ4v) is 4.09. The third kappa shape index (κ3) is 8.86. The van der Waals surface area contributed by atoms with E-state index in [2.05, 4.69) is 41.8 Å². The summed E-state index contributed by atoms with van der Waals surface area (Å²) in [7, 11) is 1.79. The molecule has 2 N–H and O–H groups in total. The van der Waals surface area contributed by atoms with E-state index < -0.39 is 0 Å². The standard InChI is InChI=1S/C24H39N3O3.HI/c1-3-25-23(27-19-24(11-4-12-24)13-16-28-2)26-17-20-5-7-21(8-6-20)18-30-22-9-14-29-15-10-22;/h5-8,22H,3-4,9-19H2,1-2H3,(H2,25,26,27);1H. The Kier molecular flexibility index (Phi) is 12.1. The molecule has 0 unspecified atom stereocenters. The first kappa shape index (κ1) is 26.4. The second kappa shape index (κ2) is 14.3. The Morgan fingerprint density at radius 1 is 1.13 bits per heavy atom. The summed E-state index contributed by atoms with van der Waals surface area (Å²) in [6.45, 7) is 7.73. The van der Waals surface area contributed by atoms with Gasteiger partial charge in [-0.2, -0.15) is 0 Å². The highest BCUT2D eigenvalue weighted by Gasteiger charge is 2.36. The molecule has 0 aromatic heterocycles. The van der Waals surface area contributed by atoms with Gasteiger partial charge in [-0.25, -0.2) is 4.99 Å². The Balaban J connectivity index is 0.00000341. The van der Waals surface area contributed by atoms with Crippen LogP contribution >= 0.6 is 24.0 Å². The lowest BCUT2D eigenvalue weighted by molar-refractivity contribution is -0.0390. The van der Waals surface area contributed by atoms with E-state index in [1.165, 1.54) is 30.4 Å². The third-order valence-corrected chi connectivity index (χ3v) is 6.32. The fraction of sp³-hybridized carbons (Fsp3) is 0.708. The van der Waals surface area contributed by atoms with Gasteiger partial charge < -0.3 is 24.8 Å². The van der Waals surface area contributed by atoms with Crippen LogP contribution in [0.25, 0.3) is 0 Å². The van der Waals surface area contributed by atoms with Crippen LogP contribution in [0.2, 0.25) is 0 Å². The van der Waals surface area contributed by atoms with Crippen molar-refractivity contribution in [1.29, 1.82) is 0 Å². The van der Waals surface area contributed by atoms with Crippen LogP contribution < -0.4 is 10.6 Å². The molecular formula is C24H40IN3O3. The average molecular weight is 546 g/mol. The number of benzene rings is 1. The lowest BCUT2D eigenvalue weighted by Crippen LogP contribution is -2.46. The van der Waals surface area contributed by atoms with E-state index in [0.717, 1.165) is 58.1 Å². The minimum Gasteiger partial charge on any atom is -0.385 e. The van der Waals surface area contributed by atoms with Gasteiger partial charge in [0.15, 0.2) is 5.96 Å². The summed E-state index contributed by atoms with van der Waals surface area (Å²) in [5.41, 5.74) is 2.79. The molecule has 1 aromatic rings. The van der Waals surface area contributed by atoms with E-state index in [-0.39, 0.29) is 24.0 Å². The minimum atomic E-state index is 0. The number of nitrogens with zero attached hydrogens (tertiary/aromatic N) is 1. The van der Waals surface area contributed by atoms with Crippen LogP contribution in [0.4, 0.5) is 0 Å². The topological polar surface area (TPSA) is 64.1 Å². The van der Waals surface area contributed by atoms with Crippen LogP contribution in [0.15, 0.2) is 29.3 Å². The molecule has 2 fully saturated rings. The van der Waals surface area contributed by atoms with Crippen molar-refractivity contribution < 1.29 is 14.2 Å². The van der Waals surface area contributed by atoms with Gasteiger partial charge >= 0.3 is 0 Å². The number of ether oxygens (including phenoxy) is 3. The highest BCUT2D eigenvalue weighted by molar-refractivity contribution is 14.0. The van der Waals surface area contributed by atoms with Gasteiger partial charge in [0.25, 0.3) is 0 Å². The first-order valence-electron chi connectivity index (χ1n) is 11.5. The molecule has 176 valence electrons. The van der Waals surface area contributed by atoms with E-state index in [4.69, 9.17) is 19.2 Å². The molecule has 0 spiro atoms. The average Bonchev–Trinajstić information content (AvgIpc) is 2.76. The van der Waals surface area contributed by atoms with Crippen LogP contribution in [0, 0.1) is 5.41 Å². The van der Waals surface area contributed by atoms with Gasteiger partial charge in [0.2, 0.25) is 0 Å². The van der Waals surface area contributed by atoms with Gasteiger partial charge in [-0.1, -0.05) is 30.7 Å². The Hall–Kier alpha value is -0.900. The van der Waals surface area contributed by atoms with Gasteiger partial charge in [0, 0.05) is 40.0 Å². The molecule has 2 aliphatic rings. The van der Waals surface area contributed by atoms with E-state index in [1.807, 2.05) is 0 Å². The zero-order valence-corrected chi connectivity index (χ0v) is 21.5. The van der Waals surface area contributed by atoms with Crippen molar-refractivity contribution in [2.24, 2.45) is 10.4 Å². The quantitative estimate of drug-likeness (QED) is 0.247. The molecule has 31 heavy (non-hydrogen) atoms. The Labute approximate surface area is 204 Å². The number of aliphatic imine (C=N–C) groups is 1. The molecule has 0 bridgehead atoms. The smallest absolute Gasteiger partial charge is 0.191 e. The molecule has 1 aliphatic carbocycles. The number of rotatable bonds is 11. The molecule has 0 atom stereocenters. The summed E-state index contributed by atoms with van der Waals surface area (Å²) in [5, 5.41) is 6.94. The summed E-state index contributed by atoms with van der Waals surface area (Å²) < 4.78 is 16.7. The van der Waals surface area contributed by atoms with Gasteiger partial charge in [0.1, 0.15) is 0 Å². The normalized spacial score (nSPS) is 18.7. The first-order valence-corrected chi connectivity index (χ1v) is 11.5. The number of hydrogen-bond acceptors (Lipinski definition) is 4. The lowest BCUT2D eigenvalue weighted by atomic mass is 9.67. The van der Waals surface area contributed by atoms with Crippen molar-refractivity contribution in [2.45, 2.75) is 64.7 Å². The van der Waals surface area contributed by atoms with Gasteiger partial charge in [0.05, 0.1) is 19.3 Å². The van der Waals surface area contributed by atoms with E-state index in [0.29, 0.717) is 24.7 Å². The van der Waals surface area contributed by atoms with Crippen molar-refractivity contribution in [1.82, 2.24) is 10.6 Å². The van der Waals surface area contributed by atoms with Crippen LogP contribution in [-0.4, -0.2) is 52.1 Å². The number of methoxy groups -OCH3 is 1. The number of guanidine groups is 1. The molecule has 7 heteroatoms. The van der Waals surface area contributed by atoms with Crippen molar-refractivity contribution in [3.05, 3.63) is 35.4 Å². The Morgan fingerprint density at radius 3 is 2.45 bits per heavy atom. The zero-order valence-electron chi connectivity index (χ0n) is 19.2. The lowest BCUT2D eigenvalue weighted by Gasteiger charge is -2.42. The maximum absolute atomic E-state index is 6.01. The molecule has 1 saturated heterocycles. The Morgan fingerprint density at radius 2 is 1.84 bits per heavy atom. The van der Waals surface area contributed by atoms with Crippen LogP contribution in [0.1, 0.15) is 56.6 Å². The number of hydrogen-bond donors (Lipinski definition) is 2. The number of nitrogens with one attached hydrogen (secondary N) is 2. The molecule has 1 saturated carbocycles. The van der Waals surface area contributed by atoms with Gasteiger partial charge in [-0.3, -0.25) is 0 Å². The molecule has 3 rings (SSSR count). The molecule has 0 radical (unpaired) electrons.